The van der Waals surface area contributed by atoms with Crippen LogP contribution in [0.3, 0.4) is 0 Å². The van der Waals surface area contributed by atoms with Crippen molar-refractivity contribution < 1.29 is 19.0 Å². The van der Waals surface area contributed by atoms with Crippen molar-refractivity contribution in [1.29, 1.82) is 0 Å². The summed E-state index contributed by atoms with van der Waals surface area (Å²) in [6, 6.07) is 14.7. The van der Waals surface area contributed by atoms with Gasteiger partial charge in [-0.05, 0) is 12.0 Å². The summed E-state index contributed by atoms with van der Waals surface area (Å²) in [4.78, 5) is 12.0. The number of rotatable bonds is 10. The van der Waals surface area contributed by atoms with Crippen molar-refractivity contribution in [3.63, 3.8) is 0 Å². The van der Waals surface area contributed by atoms with E-state index < -0.39 is 0 Å². The first-order valence-electron chi connectivity index (χ1n) is 8.55. The predicted molar refractivity (Wildman–Crippen MR) is 101 cm³/mol. The Hall–Kier alpha value is -2.73. The molecule has 6 heteroatoms. The van der Waals surface area contributed by atoms with Crippen molar-refractivity contribution in [3.05, 3.63) is 54.1 Å². The summed E-state index contributed by atoms with van der Waals surface area (Å²) in [5.74, 6) is 1.94. The van der Waals surface area contributed by atoms with Gasteiger partial charge < -0.3 is 25.3 Å². The van der Waals surface area contributed by atoms with Gasteiger partial charge in [0.05, 0.1) is 20.8 Å². The van der Waals surface area contributed by atoms with E-state index in [4.69, 9.17) is 19.9 Å². The molecule has 0 fully saturated rings. The van der Waals surface area contributed by atoms with Crippen molar-refractivity contribution in [1.82, 2.24) is 5.32 Å². The number of methoxy groups -OCH3 is 2. The van der Waals surface area contributed by atoms with Crippen LogP contribution in [0.4, 0.5) is 0 Å². The van der Waals surface area contributed by atoms with Gasteiger partial charge in [-0.3, -0.25) is 4.79 Å². The number of amides is 1. The second-order valence-corrected chi connectivity index (χ2v) is 5.82. The number of hydrogen-bond acceptors (Lipinski definition) is 5. The molecule has 26 heavy (non-hydrogen) atoms. The highest BCUT2D eigenvalue weighted by atomic mass is 16.5. The minimum Gasteiger partial charge on any atom is -0.496 e. The Morgan fingerprint density at radius 3 is 2.27 bits per heavy atom. The third-order valence-electron chi connectivity index (χ3n) is 3.87. The normalized spacial score (nSPS) is 11.5. The van der Waals surface area contributed by atoms with E-state index in [1.807, 2.05) is 30.3 Å². The van der Waals surface area contributed by atoms with Gasteiger partial charge in [0.2, 0.25) is 5.91 Å². The number of carbonyl (C=O) groups excluding carboxylic acids is 1. The fourth-order valence-electron chi connectivity index (χ4n) is 2.44. The molecule has 0 aromatic heterocycles. The maximum absolute atomic E-state index is 12.0. The summed E-state index contributed by atoms with van der Waals surface area (Å²) in [6.07, 6.45) is 0.948. The fraction of sp³-hybridized carbons (Fsp3) is 0.350. The first-order valence-corrected chi connectivity index (χ1v) is 8.55. The van der Waals surface area contributed by atoms with E-state index in [0.29, 0.717) is 36.8 Å². The van der Waals surface area contributed by atoms with Gasteiger partial charge in [0.1, 0.15) is 17.2 Å². The molecule has 140 valence electrons. The summed E-state index contributed by atoms with van der Waals surface area (Å²) in [6.45, 7) is 1.00. The van der Waals surface area contributed by atoms with Gasteiger partial charge in [0.25, 0.3) is 0 Å². The third-order valence-corrected chi connectivity index (χ3v) is 3.87. The topological polar surface area (TPSA) is 82.8 Å². The van der Waals surface area contributed by atoms with Gasteiger partial charge in [-0.25, -0.2) is 0 Å². The van der Waals surface area contributed by atoms with E-state index in [0.717, 1.165) is 5.56 Å². The second-order valence-electron chi connectivity index (χ2n) is 5.82. The molecule has 0 aliphatic heterocycles. The van der Waals surface area contributed by atoms with Gasteiger partial charge in [-0.15, -0.1) is 0 Å². The van der Waals surface area contributed by atoms with E-state index in [9.17, 15) is 4.79 Å². The number of nitrogens with two attached hydrogens (primary N) is 1. The van der Waals surface area contributed by atoms with Crippen LogP contribution in [0.25, 0.3) is 0 Å². The molecule has 0 saturated heterocycles. The zero-order valence-electron chi connectivity index (χ0n) is 15.2. The Morgan fingerprint density at radius 2 is 1.65 bits per heavy atom. The number of ether oxygens (including phenoxy) is 3. The molecule has 1 atom stereocenters. The zero-order chi connectivity index (χ0) is 18.8. The van der Waals surface area contributed by atoms with E-state index >= 15 is 0 Å². The van der Waals surface area contributed by atoms with Crippen LogP contribution in [-0.4, -0.2) is 33.3 Å². The Morgan fingerprint density at radius 1 is 1.04 bits per heavy atom. The number of nitrogens with one attached hydrogen (secondary N) is 1. The van der Waals surface area contributed by atoms with Crippen molar-refractivity contribution in [2.75, 3.05) is 27.4 Å². The lowest BCUT2D eigenvalue weighted by Crippen LogP contribution is -2.29. The molecule has 1 amide bonds. The molecule has 2 aromatic carbocycles. The molecular weight excluding hydrogens is 332 g/mol. The highest BCUT2D eigenvalue weighted by Crippen LogP contribution is 2.27. The van der Waals surface area contributed by atoms with Gasteiger partial charge in [0.15, 0.2) is 0 Å². The van der Waals surface area contributed by atoms with Crippen LogP contribution in [0.2, 0.25) is 0 Å². The Labute approximate surface area is 154 Å². The van der Waals surface area contributed by atoms with Gasteiger partial charge >= 0.3 is 0 Å². The van der Waals surface area contributed by atoms with Crippen LogP contribution in [-0.2, 0) is 4.79 Å². The molecule has 2 aromatic rings. The molecular formula is C20H26N2O4. The van der Waals surface area contributed by atoms with E-state index in [2.05, 4.69) is 5.32 Å². The molecule has 0 spiro atoms. The quantitative estimate of drug-likeness (QED) is 0.638. The van der Waals surface area contributed by atoms with E-state index in [-0.39, 0.29) is 18.4 Å². The van der Waals surface area contributed by atoms with E-state index in [1.165, 1.54) is 0 Å². The summed E-state index contributed by atoms with van der Waals surface area (Å²) in [5.41, 5.74) is 7.00. The molecule has 0 saturated carbocycles. The maximum atomic E-state index is 12.0. The minimum atomic E-state index is -0.295. The van der Waals surface area contributed by atoms with Crippen LogP contribution >= 0.6 is 0 Å². The third kappa shape index (κ3) is 6.29. The highest BCUT2D eigenvalue weighted by molar-refractivity contribution is 5.76. The molecule has 0 heterocycles. The number of hydrogen-bond donors (Lipinski definition) is 2. The first kappa shape index (κ1) is 19.6. The highest BCUT2D eigenvalue weighted by Gasteiger charge is 2.10. The Balaban J connectivity index is 1.68. The number of carbonyl (C=O) groups is 1. The van der Waals surface area contributed by atoms with Gasteiger partial charge in [0, 0.05) is 37.2 Å². The first-order chi connectivity index (χ1) is 12.6. The lowest BCUT2D eigenvalue weighted by Gasteiger charge is -2.13. The van der Waals surface area contributed by atoms with Crippen LogP contribution < -0.4 is 25.3 Å². The standard InChI is InChI=1S/C20H26N2O4/c1-24-16-11-17(25-2)13-18(12-16)26-10-6-9-22-20(23)14-19(21)15-7-4-3-5-8-15/h3-5,7-8,11-13,19H,6,9-10,14,21H2,1-2H3,(H,22,23). The second kappa shape index (κ2) is 10.3. The molecule has 6 nitrogen and oxygen atoms in total. The van der Waals surface area contributed by atoms with Crippen LogP contribution in [0.5, 0.6) is 17.2 Å². The average Bonchev–Trinajstić information content (AvgIpc) is 2.68. The molecule has 3 N–H and O–H groups in total. The monoisotopic (exact) mass is 358 g/mol. The van der Waals surface area contributed by atoms with Crippen molar-refractivity contribution in [3.8, 4) is 17.2 Å². The SMILES string of the molecule is COc1cc(OC)cc(OCCCNC(=O)CC(N)c2ccccc2)c1. The minimum absolute atomic E-state index is 0.0654. The van der Waals surface area contributed by atoms with Gasteiger partial charge in [-0.2, -0.15) is 0 Å². The van der Waals surface area contributed by atoms with Crippen molar-refractivity contribution >= 4 is 5.91 Å². The van der Waals surface area contributed by atoms with Crippen molar-refractivity contribution in [2.45, 2.75) is 18.9 Å². The molecule has 0 aliphatic carbocycles. The van der Waals surface area contributed by atoms with Crippen molar-refractivity contribution in [2.24, 2.45) is 5.73 Å². The maximum Gasteiger partial charge on any atom is 0.221 e. The lowest BCUT2D eigenvalue weighted by atomic mass is 10.0. The van der Waals surface area contributed by atoms with Crippen LogP contribution in [0, 0.1) is 0 Å². The summed E-state index contributed by atoms with van der Waals surface area (Å²) in [5, 5.41) is 2.87. The smallest absolute Gasteiger partial charge is 0.221 e. The lowest BCUT2D eigenvalue weighted by molar-refractivity contribution is -0.121. The largest absolute Gasteiger partial charge is 0.496 e. The zero-order valence-corrected chi connectivity index (χ0v) is 15.2. The molecule has 0 radical (unpaired) electrons. The Bertz CT molecular complexity index is 669. The van der Waals surface area contributed by atoms with E-state index in [1.54, 1.807) is 32.4 Å². The van der Waals surface area contributed by atoms with Gasteiger partial charge in [-0.1, -0.05) is 30.3 Å². The summed E-state index contributed by atoms with van der Waals surface area (Å²) >= 11 is 0. The number of benzene rings is 2. The summed E-state index contributed by atoms with van der Waals surface area (Å²) in [7, 11) is 3.18. The fourth-order valence-corrected chi connectivity index (χ4v) is 2.44. The Kier molecular flexibility index (Phi) is 7.76. The van der Waals surface area contributed by atoms with Crippen LogP contribution in [0.1, 0.15) is 24.4 Å². The average molecular weight is 358 g/mol. The predicted octanol–water partition coefficient (Wildman–Crippen LogP) is 2.68. The summed E-state index contributed by atoms with van der Waals surface area (Å²) < 4.78 is 16.1. The molecule has 0 aliphatic rings. The molecule has 2 rings (SSSR count). The van der Waals surface area contributed by atoms with Crippen LogP contribution in [0.15, 0.2) is 48.5 Å². The molecule has 1 unspecified atom stereocenters. The molecule has 0 bridgehead atoms.